The second kappa shape index (κ2) is 6.66. The lowest BCUT2D eigenvalue weighted by Gasteiger charge is -2.31. The summed E-state index contributed by atoms with van der Waals surface area (Å²) < 4.78 is 18.8. The van der Waals surface area contributed by atoms with Crippen molar-refractivity contribution in [2.45, 2.75) is 25.7 Å². The Morgan fingerprint density at radius 1 is 1.48 bits per heavy atom. The van der Waals surface area contributed by atoms with Crippen molar-refractivity contribution in [1.29, 1.82) is 0 Å². The third-order valence-electron chi connectivity index (χ3n) is 4.55. The summed E-state index contributed by atoms with van der Waals surface area (Å²) in [6, 6.07) is 4.20. The van der Waals surface area contributed by atoms with Crippen LogP contribution in [0.2, 0.25) is 0 Å². The SMILES string of the molecule is CCN(C[C@@H]1CCOC1)C(=O)[C@@H]1CC(=O)Nc2cc(F)ccc21. The van der Waals surface area contributed by atoms with Crippen LogP contribution in [-0.4, -0.2) is 43.0 Å². The van der Waals surface area contributed by atoms with Gasteiger partial charge in [-0.2, -0.15) is 0 Å². The van der Waals surface area contributed by atoms with Gasteiger partial charge in [-0.25, -0.2) is 4.39 Å². The Morgan fingerprint density at radius 2 is 2.30 bits per heavy atom. The first-order valence-corrected chi connectivity index (χ1v) is 8.04. The number of likely N-dealkylation sites (N-methyl/N-ethyl adjacent to an activating group) is 1. The zero-order valence-corrected chi connectivity index (χ0v) is 13.2. The molecule has 1 N–H and O–H groups in total. The number of ether oxygens (including phenoxy) is 1. The summed E-state index contributed by atoms with van der Waals surface area (Å²) >= 11 is 0. The summed E-state index contributed by atoms with van der Waals surface area (Å²) in [6.45, 7) is 4.58. The molecule has 6 heteroatoms. The van der Waals surface area contributed by atoms with Crippen molar-refractivity contribution in [3.8, 4) is 0 Å². The smallest absolute Gasteiger partial charge is 0.230 e. The summed E-state index contributed by atoms with van der Waals surface area (Å²) in [5, 5.41) is 2.65. The van der Waals surface area contributed by atoms with Crippen molar-refractivity contribution in [2.75, 3.05) is 31.6 Å². The molecule has 1 aromatic rings. The lowest BCUT2D eigenvalue weighted by atomic mass is 9.89. The Hall–Kier alpha value is -1.95. The first kappa shape index (κ1) is 15.9. The maximum atomic E-state index is 13.4. The molecule has 2 amide bonds. The molecule has 0 aliphatic carbocycles. The topological polar surface area (TPSA) is 58.6 Å². The first-order chi connectivity index (χ1) is 11.1. The number of benzene rings is 1. The molecule has 5 nitrogen and oxygen atoms in total. The number of fused-ring (bicyclic) bond motifs is 1. The molecule has 2 heterocycles. The van der Waals surface area contributed by atoms with Crippen LogP contribution in [0.4, 0.5) is 10.1 Å². The quantitative estimate of drug-likeness (QED) is 0.924. The highest BCUT2D eigenvalue weighted by Crippen LogP contribution is 2.34. The van der Waals surface area contributed by atoms with Crippen LogP contribution < -0.4 is 5.32 Å². The largest absolute Gasteiger partial charge is 0.381 e. The number of carbonyl (C=O) groups excluding carboxylic acids is 2. The molecule has 1 fully saturated rings. The molecule has 1 aromatic carbocycles. The maximum absolute atomic E-state index is 13.4. The molecule has 0 unspecified atom stereocenters. The summed E-state index contributed by atoms with van der Waals surface area (Å²) in [6.07, 6.45) is 1.06. The number of hydrogen-bond acceptors (Lipinski definition) is 3. The van der Waals surface area contributed by atoms with Gasteiger partial charge in [-0.3, -0.25) is 9.59 Å². The molecule has 0 aromatic heterocycles. The number of amides is 2. The van der Waals surface area contributed by atoms with E-state index in [4.69, 9.17) is 4.74 Å². The Kier molecular flexibility index (Phi) is 4.61. The van der Waals surface area contributed by atoms with Crippen LogP contribution in [0.1, 0.15) is 31.2 Å². The van der Waals surface area contributed by atoms with Crippen molar-refractivity contribution in [1.82, 2.24) is 4.90 Å². The predicted octanol–water partition coefficient (Wildman–Crippen LogP) is 2.14. The molecular weight excluding hydrogens is 299 g/mol. The molecule has 0 bridgehead atoms. The van der Waals surface area contributed by atoms with Gasteiger partial charge in [-0.1, -0.05) is 6.07 Å². The van der Waals surface area contributed by atoms with Gasteiger partial charge in [0, 0.05) is 37.7 Å². The van der Waals surface area contributed by atoms with E-state index in [1.807, 2.05) is 6.92 Å². The fraction of sp³-hybridized carbons (Fsp3) is 0.529. The molecule has 3 rings (SSSR count). The van der Waals surface area contributed by atoms with Gasteiger partial charge in [0.05, 0.1) is 12.5 Å². The van der Waals surface area contributed by atoms with Crippen molar-refractivity contribution < 1.29 is 18.7 Å². The summed E-state index contributed by atoms with van der Waals surface area (Å²) in [4.78, 5) is 26.6. The predicted molar refractivity (Wildman–Crippen MR) is 83.6 cm³/mol. The van der Waals surface area contributed by atoms with Crippen LogP contribution in [-0.2, 0) is 14.3 Å². The van der Waals surface area contributed by atoms with Crippen molar-refractivity contribution in [2.24, 2.45) is 5.92 Å². The molecular formula is C17H21FN2O3. The van der Waals surface area contributed by atoms with Gasteiger partial charge in [0.25, 0.3) is 0 Å². The third-order valence-corrected chi connectivity index (χ3v) is 4.55. The average Bonchev–Trinajstić information content (AvgIpc) is 3.03. The highest BCUT2D eigenvalue weighted by Gasteiger charge is 2.34. The zero-order chi connectivity index (χ0) is 16.4. The molecule has 0 saturated carbocycles. The van der Waals surface area contributed by atoms with Gasteiger partial charge in [0.1, 0.15) is 5.82 Å². The van der Waals surface area contributed by atoms with Crippen LogP contribution >= 0.6 is 0 Å². The Morgan fingerprint density at radius 3 is 3.00 bits per heavy atom. The Balaban J connectivity index is 1.81. The second-order valence-corrected chi connectivity index (χ2v) is 6.14. The van der Waals surface area contributed by atoms with E-state index in [1.54, 1.807) is 11.0 Å². The fourth-order valence-electron chi connectivity index (χ4n) is 3.29. The van der Waals surface area contributed by atoms with Crippen LogP contribution in [0, 0.1) is 11.7 Å². The van der Waals surface area contributed by atoms with Crippen molar-refractivity contribution in [3.63, 3.8) is 0 Å². The lowest BCUT2D eigenvalue weighted by Crippen LogP contribution is -2.41. The van der Waals surface area contributed by atoms with Gasteiger partial charge in [0.15, 0.2) is 0 Å². The maximum Gasteiger partial charge on any atom is 0.230 e. The van der Waals surface area contributed by atoms with E-state index in [0.29, 0.717) is 36.9 Å². The third kappa shape index (κ3) is 3.37. The number of rotatable bonds is 4. The van der Waals surface area contributed by atoms with Gasteiger partial charge >= 0.3 is 0 Å². The number of hydrogen-bond donors (Lipinski definition) is 1. The number of nitrogens with zero attached hydrogens (tertiary/aromatic N) is 1. The summed E-state index contributed by atoms with van der Waals surface area (Å²) in [5.41, 5.74) is 1.09. The number of anilines is 1. The monoisotopic (exact) mass is 320 g/mol. The highest BCUT2D eigenvalue weighted by molar-refractivity contribution is 6.01. The standard InChI is InChI=1S/C17H21FN2O3/c1-2-20(9-11-5-6-23-10-11)17(22)14-8-16(21)19-15-7-12(18)3-4-13(14)15/h3-4,7,11,14H,2,5-6,8-10H2,1H3,(H,19,21)/t11-,14+/m0/s1. The van der Waals surface area contributed by atoms with E-state index >= 15 is 0 Å². The van der Waals surface area contributed by atoms with Gasteiger partial charge in [-0.05, 0) is 31.0 Å². The van der Waals surface area contributed by atoms with E-state index in [0.717, 1.165) is 13.0 Å². The number of carbonyl (C=O) groups is 2. The molecule has 0 radical (unpaired) electrons. The van der Waals surface area contributed by atoms with Gasteiger partial charge in [-0.15, -0.1) is 0 Å². The van der Waals surface area contributed by atoms with Crippen LogP contribution in [0.5, 0.6) is 0 Å². The summed E-state index contributed by atoms with van der Waals surface area (Å²) in [5.74, 6) is -0.929. The lowest BCUT2D eigenvalue weighted by molar-refractivity contribution is -0.135. The van der Waals surface area contributed by atoms with Crippen LogP contribution in [0.3, 0.4) is 0 Å². The minimum absolute atomic E-state index is 0.0675. The van der Waals surface area contributed by atoms with Crippen LogP contribution in [0.25, 0.3) is 0 Å². The number of nitrogens with one attached hydrogen (secondary N) is 1. The molecule has 2 aliphatic heterocycles. The average molecular weight is 320 g/mol. The summed E-state index contributed by atoms with van der Waals surface area (Å²) in [7, 11) is 0. The highest BCUT2D eigenvalue weighted by atomic mass is 19.1. The molecule has 2 aliphatic rings. The van der Waals surface area contributed by atoms with Crippen molar-refractivity contribution in [3.05, 3.63) is 29.6 Å². The Labute approximate surface area is 134 Å². The fourth-order valence-corrected chi connectivity index (χ4v) is 3.29. The zero-order valence-electron chi connectivity index (χ0n) is 13.2. The first-order valence-electron chi connectivity index (χ1n) is 8.04. The molecule has 23 heavy (non-hydrogen) atoms. The van der Waals surface area contributed by atoms with Crippen molar-refractivity contribution >= 4 is 17.5 Å². The number of halogens is 1. The van der Waals surface area contributed by atoms with E-state index in [2.05, 4.69) is 5.32 Å². The van der Waals surface area contributed by atoms with E-state index in [-0.39, 0.29) is 18.2 Å². The molecule has 124 valence electrons. The Bertz CT molecular complexity index is 614. The normalized spacial score (nSPS) is 23.3. The van der Waals surface area contributed by atoms with E-state index < -0.39 is 11.7 Å². The minimum Gasteiger partial charge on any atom is -0.381 e. The molecule has 1 saturated heterocycles. The van der Waals surface area contributed by atoms with E-state index in [1.165, 1.54) is 12.1 Å². The second-order valence-electron chi connectivity index (χ2n) is 6.14. The van der Waals surface area contributed by atoms with Gasteiger partial charge in [0.2, 0.25) is 11.8 Å². The van der Waals surface area contributed by atoms with Crippen LogP contribution in [0.15, 0.2) is 18.2 Å². The molecule has 2 atom stereocenters. The van der Waals surface area contributed by atoms with E-state index in [9.17, 15) is 14.0 Å². The minimum atomic E-state index is -0.540. The molecule has 0 spiro atoms. The van der Waals surface area contributed by atoms with Gasteiger partial charge < -0.3 is 15.0 Å².